The van der Waals surface area contributed by atoms with Crippen LogP contribution in [0, 0.1) is 19.8 Å². The van der Waals surface area contributed by atoms with Gasteiger partial charge in [0.25, 0.3) is 0 Å². The van der Waals surface area contributed by atoms with E-state index in [1.165, 1.54) is 10.4 Å². The van der Waals surface area contributed by atoms with Gasteiger partial charge in [0, 0.05) is 23.4 Å². The van der Waals surface area contributed by atoms with Crippen LogP contribution >= 0.6 is 11.3 Å². The molecule has 1 saturated heterocycles. The second-order valence-corrected chi connectivity index (χ2v) is 6.92. The molecule has 4 rings (SSSR count). The highest BCUT2D eigenvalue weighted by atomic mass is 32.1. The number of aromatic nitrogens is 2. The van der Waals surface area contributed by atoms with Crippen LogP contribution < -0.4 is 11.1 Å². The van der Waals surface area contributed by atoms with Crippen molar-refractivity contribution in [3.63, 3.8) is 0 Å². The van der Waals surface area contributed by atoms with Crippen LogP contribution in [0.25, 0.3) is 10.2 Å². The zero-order valence-electron chi connectivity index (χ0n) is 11.6. The van der Waals surface area contributed by atoms with Gasteiger partial charge in [0.2, 0.25) is 0 Å². The molecule has 2 aromatic heterocycles. The molecule has 0 spiro atoms. The van der Waals surface area contributed by atoms with Gasteiger partial charge in [0.1, 0.15) is 17.0 Å². The van der Waals surface area contributed by atoms with Crippen molar-refractivity contribution in [3.05, 3.63) is 16.8 Å². The van der Waals surface area contributed by atoms with Gasteiger partial charge in [-0.1, -0.05) is 0 Å². The van der Waals surface area contributed by atoms with Gasteiger partial charge >= 0.3 is 0 Å². The van der Waals surface area contributed by atoms with Crippen molar-refractivity contribution in [1.29, 1.82) is 0 Å². The highest BCUT2D eigenvalue weighted by molar-refractivity contribution is 7.18. The summed E-state index contributed by atoms with van der Waals surface area (Å²) in [6, 6.07) is 0.327. The molecule has 20 heavy (non-hydrogen) atoms. The quantitative estimate of drug-likeness (QED) is 0.883. The zero-order valence-corrected chi connectivity index (χ0v) is 12.4. The third-order valence-corrected chi connectivity index (χ3v) is 5.83. The third kappa shape index (κ3) is 1.62. The predicted octanol–water partition coefficient (Wildman–Crippen LogP) is 1.83. The molecule has 0 bridgehead atoms. The van der Waals surface area contributed by atoms with E-state index in [1.54, 1.807) is 17.7 Å². The molecule has 1 aliphatic heterocycles. The maximum absolute atomic E-state index is 6.26. The smallest absolute Gasteiger partial charge is 0.138 e. The Kier molecular flexibility index (Phi) is 2.73. The Morgan fingerprint density at radius 3 is 3.10 bits per heavy atom. The van der Waals surface area contributed by atoms with Gasteiger partial charge < -0.3 is 15.8 Å². The van der Waals surface area contributed by atoms with Crippen LogP contribution in [0.5, 0.6) is 0 Å². The molecule has 2 aliphatic rings. The summed E-state index contributed by atoms with van der Waals surface area (Å²) in [5.41, 5.74) is 7.51. The van der Waals surface area contributed by atoms with Crippen molar-refractivity contribution in [3.8, 4) is 0 Å². The lowest BCUT2D eigenvalue weighted by Gasteiger charge is -2.45. The fraction of sp³-hybridized carbons (Fsp3) is 0.571. The summed E-state index contributed by atoms with van der Waals surface area (Å²) < 4.78 is 5.77. The number of nitrogens with zero attached hydrogens (tertiary/aromatic N) is 2. The van der Waals surface area contributed by atoms with Crippen LogP contribution in [-0.4, -0.2) is 34.8 Å². The Morgan fingerprint density at radius 1 is 1.40 bits per heavy atom. The lowest BCUT2D eigenvalue weighted by Crippen LogP contribution is -2.65. The molecule has 0 aromatic carbocycles. The molecule has 1 aliphatic carbocycles. The number of hydrogen-bond acceptors (Lipinski definition) is 6. The highest BCUT2D eigenvalue weighted by Gasteiger charge is 2.52. The SMILES string of the molecule is Cc1sc2ncnc(NC3C(N)C4CCOC43)c2c1C. The van der Waals surface area contributed by atoms with Gasteiger partial charge in [0.15, 0.2) is 0 Å². The third-order valence-electron chi connectivity index (χ3n) is 4.72. The lowest BCUT2D eigenvalue weighted by molar-refractivity contribution is 0.00529. The second kappa shape index (κ2) is 4.38. The van der Waals surface area contributed by atoms with E-state index < -0.39 is 0 Å². The minimum atomic E-state index is 0.160. The van der Waals surface area contributed by atoms with E-state index in [0.717, 1.165) is 29.1 Å². The summed E-state index contributed by atoms with van der Waals surface area (Å²) in [4.78, 5) is 11.1. The first-order chi connectivity index (χ1) is 9.66. The van der Waals surface area contributed by atoms with Crippen LogP contribution in [-0.2, 0) is 4.74 Å². The summed E-state index contributed by atoms with van der Waals surface area (Å²) in [6.07, 6.45) is 2.95. The molecule has 0 amide bonds. The number of aryl methyl sites for hydroxylation is 2. The summed E-state index contributed by atoms with van der Waals surface area (Å²) in [6.45, 7) is 5.08. The van der Waals surface area contributed by atoms with E-state index in [0.29, 0.717) is 5.92 Å². The summed E-state index contributed by atoms with van der Waals surface area (Å²) in [5, 5.41) is 4.63. The molecule has 4 atom stereocenters. The standard InChI is InChI=1S/C14H18N4OS/c1-6-7(2)20-14-9(6)13(16-5-17-14)18-11-10(15)8-3-4-19-12(8)11/h5,8,10-12H,3-4,15H2,1-2H3,(H,16,17,18). The minimum Gasteiger partial charge on any atom is -0.376 e. The molecule has 2 fully saturated rings. The van der Waals surface area contributed by atoms with Gasteiger partial charge in [0.05, 0.1) is 17.5 Å². The van der Waals surface area contributed by atoms with Gasteiger partial charge in [-0.3, -0.25) is 0 Å². The summed E-state index contributed by atoms with van der Waals surface area (Å²) >= 11 is 1.71. The molecular formula is C14H18N4OS. The van der Waals surface area contributed by atoms with E-state index in [-0.39, 0.29) is 18.2 Å². The zero-order chi connectivity index (χ0) is 13.9. The summed E-state index contributed by atoms with van der Waals surface area (Å²) in [7, 11) is 0. The summed E-state index contributed by atoms with van der Waals surface area (Å²) in [5.74, 6) is 1.40. The predicted molar refractivity (Wildman–Crippen MR) is 80.1 cm³/mol. The number of ether oxygens (including phenoxy) is 1. The van der Waals surface area contributed by atoms with Crippen LogP contribution in [0.1, 0.15) is 16.9 Å². The van der Waals surface area contributed by atoms with Crippen molar-refractivity contribution >= 4 is 27.4 Å². The molecular weight excluding hydrogens is 272 g/mol. The number of hydrogen-bond donors (Lipinski definition) is 2. The van der Waals surface area contributed by atoms with Gasteiger partial charge in [-0.2, -0.15) is 0 Å². The molecule has 3 heterocycles. The average molecular weight is 290 g/mol. The topological polar surface area (TPSA) is 73.1 Å². The fourth-order valence-electron chi connectivity index (χ4n) is 3.38. The van der Waals surface area contributed by atoms with E-state index in [1.807, 2.05) is 0 Å². The Balaban J connectivity index is 1.69. The van der Waals surface area contributed by atoms with Gasteiger partial charge in [-0.15, -0.1) is 11.3 Å². The molecule has 4 unspecified atom stereocenters. The molecule has 106 valence electrons. The minimum absolute atomic E-state index is 0.160. The Morgan fingerprint density at radius 2 is 2.25 bits per heavy atom. The van der Waals surface area contributed by atoms with Crippen molar-refractivity contribution in [1.82, 2.24) is 9.97 Å². The van der Waals surface area contributed by atoms with Crippen molar-refractivity contribution in [2.24, 2.45) is 11.7 Å². The van der Waals surface area contributed by atoms with Crippen molar-refractivity contribution in [2.75, 3.05) is 11.9 Å². The first-order valence-corrected chi connectivity index (χ1v) is 7.83. The number of fused-ring (bicyclic) bond motifs is 2. The largest absolute Gasteiger partial charge is 0.376 e. The van der Waals surface area contributed by atoms with Crippen molar-refractivity contribution in [2.45, 2.75) is 38.5 Å². The number of thiophene rings is 1. The van der Waals surface area contributed by atoms with Gasteiger partial charge in [-0.25, -0.2) is 9.97 Å². The number of anilines is 1. The number of rotatable bonds is 2. The van der Waals surface area contributed by atoms with Crippen molar-refractivity contribution < 1.29 is 4.74 Å². The molecule has 6 heteroatoms. The monoisotopic (exact) mass is 290 g/mol. The van der Waals surface area contributed by atoms with E-state index in [9.17, 15) is 0 Å². The molecule has 0 radical (unpaired) electrons. The Labute approximate surface area is 121 Å². The van der Waals surface area contributed by atoms with Crippen LogP contribution in [0.15, 0.2) is 6.33 Å². The Hall–Kier alpha value is -1.24. The molecule has 3 N–H and O–H groups in total. The molecule has 2 aromatic rings. The second-order valence-electron chi connectivity index (χ2n) is 5.72. The van der Waals surface area contributed by atoms with E-state index in [2.05, 4.69) is 29.1 Å². The maximum Gasteiger partial charge on any atom is 0.138 e. The highest BCUT2D eigenvalue weighted by Crippen LogP contribution is 2.40. The molecule has 5 nitrogen and oxygen atoms in total. The fourth-order valence-corrected chi connectivity index (χ4v) is 4.37. The molecule has 1 saturated carbocycles. The lowest BCUT2D eigenvalue weighted by atomic mass is 9.72. The van der Waals surface area contributed by atoms with Crippen LogP contribution in [0.3, 0.4) is 0 Å². The maximum atomic E-state index is 6.26. The average Bonchev–Trinajstić information content (AvgIpc) is 3.00. The van der Waals surface area contributed by atoms with Gasteiger partial charge in [-0.05, 0) is 25.8 Å². The number of nitrogens with two attached hydrogens (primary N) is 1. The van der Waals surface area contributed by atoms with E-state index >= 15 is 0 Å². The Bertz CT molecular complexity index is 670. The van der Waals surface area contributed by atoms with Crippen LogP contribution in [0.2, 0.25) is 0 Å². The first kappa shape index (κ1) is 12.5. The normalized spacial score (nSPS) is 32.1. The van der Waals surface area contributed by atoms with Crippen LogP contribution in [0.4, 0.5) is 5.82 Å². The first-order valence-electron chi connectivity index (χ1n) is 7.01. The van der Waals surface area contributed by atoms with E-state index in [4.69, 9.17) is 10.5 Å². The number of nitrogens with one attached hydrogen (secondary N) is 1.